The maximum absolute atomic E-state index is 13.3. The molecule has 0 aliphatic carbocycles. The van der Waals surface area contributed by atoms with Crippen LogP contribution < -0.4 is 0 Å². The summed E-state index contributed by atoms with van der Waals surface area (Å²) in [5, 5.41) is 9.02. The van der Waals surface area contributed by atoms with Gasteiger partial charge >= 0.3 is 5.97 Å². The third kappa shape index (κ3) is 3.54. The molecule has 2 aromatic rings. The van der Waals surface area contributed by atoms with Crippen LogP contribution in [0.25, 0.3) is 11.0 Å². The molecule has 0 spiro atoms. The molecule has 1 aromatic heterocycles. The molecule has 1 heterocycles. The Labute approximate surface area is 138 Å². The van der Waals surface area contributed by atoms with E-state index in [-0.39, 0.29) is 18.7 Å². The van der Waals surface area contributed by atoms with Gasteiger partial charge in [-0.2, -0.15) is 5.26 Å². The average Bonchev–Trinajstić information content (AvgIpc) is 2.88. The largest absolute Gasteiger partial charge is 0.449 e. The number of furan rings is 1. The molecule has 0 aliphatic rings. The summed E-state index contributed by atoms with van der Waals surface area (Å²) >= 11 is 0. The molecule has 0 radical (unpaired) electrons. The van der Waals surface area contributed by atoms with Crippen molar-refractivity contribution in [1.82, 2.24) is 4.90 Å². The van der Waals surface area contributed by atoms with Crippen molar-refractivity contribution in [3.05, 3.63) is 35.3 Å². The Morgan fingerprint density at radius 1 is 1.46 bits per heavy atom. The van der Waals surface area contributed by atoms with Gasteiger partial charge in [0.15, 0.2) is 6.10 Å². The van der Waals surface area contributed by atoms with Crippen LogP contribution in [0.15, 0.2) is 22.6 Å². The van der Waals surface area contributed by atoms with Gasteiger partial charge in [0.25, 0.3) is 5.91 Å². The Kier molecular flexibility index (Phi) is 5.19. The zero-order valence-corrected chi connectivity index (χ0v) is 13.6. The predicted molar refractivity (Wildman–Crippen MR) is 83.7 cm³/mol. The normalized spacial score (nSPS) is 11.8. The number of nitrogens with zero attached hydrogens (tertiary/aromatic N) is 2. The van der Waals surface area contributed by atoms with E-state index in [1.807, 2.05) is 6.07 Å². The van der Waals surface area contributed by atoms with Gasteiger partial charge in [0.1, 0.15) is 11.4 Å². The number of aryl methyl sites for hydroxylation is 1. The molecule has 0 aliphatic heterocycles. The highest BCUT2D eigenvalue weighted by molar-refractivity contribution is 5.97. The van der Waals surface area contributed by atoms with E-state index >= 15 is 0 Å². The van der Waals surface area contributed by atoms with Crippen molar-refractivity contribution in [2.75, 3.05) is 13.6 Å². The number of carbonyl (C=O) groups excluding carboxylic acids is 2. The standard InChI is InChI=1S/C17H17FN2O4/c1-10-13-9-12(18)5-6-14(13)24-15(10)17(22)23-11(2)16(21)20(3)8-4-7-19/h5-6,9,11H,4,8H2,1-3H3/t11-/m1/s1. The van der Waals surface area contributed by atoms with E-state index in [1.54, 1.807) is 6.92 Å². The monoisotopic (exact) mass is 332 g/mol. The zero-order valence-electron chi connectivity index (χ0n) is 13.6. The molecule has 0 saturated carbocycles. The van der Waals surface area contributed by atoms with Crippen molar-refractivity contribution in [2.45, 2.75) is 26.4 Å². The second kappa shape index (κ2) is 7.13. The molecule has 1 atom stereocenters. The van der Waals surface area contributed by atoms with E-state index in [1.165, 1.54) is 37.1 Å². The van der Waals surface area contributed by atoms with Gasteiger partial charge in [-0.15, -0.1) is 0 Å². The van der Waals surface area contributed by atoms with Gasteiger partial charge in [-0.05, 0) is 32.0 Å². The SMILES string of the molecule is Cc1c(C(=O)O[C@H](C)C(=O)N(C)CCC#N)oc2ccc(F)cc12. The highest BCUT2D eigenvalue weighted by Gasteiger charge is 2.26. The number of hydrogen-bond donors (Lipinski definition) is 0. The minimum absolute atomic E-state index is 0.0603. The molecular weight excluding hydrogens is 315 g/mol. The predicted octanol–water partition coefficient (Wildman–Crippen LogP) is 2.80. The summed E-state index contributed by atoms with van der Waals surface area (Å²) in [5.41, 5.74) is 0.818. The molecule has 6 nitrogen and oxygen atoms in total. The number of carbonyl (C=O) groups is 2. The third-order valence-corrected chi connectivity index (χ3v) is 3.65. The Hall–Kier alpha value is -2.88. The van der Waals surface area contributed by atoms with E-state index in [9.17, 15) is 14.0 Å². The van der Waals surface area contributed by atoms with Gasteiger partial charge in [0.2, 0.25) is 5.76 Å². The molecule has 0 bridgehead atoms. The fourth-order valence-corrected chi connectivity index (χ4v) is 2.29. The lowest BCUT2D eigenvalue weighted by Gasteiger charge is -2.20. The fourth-order valence-electron chi connectivity index (χ4n) is 2.29. The molecule has 24 heavy (non-hydrogen) atoms. The minimum atomic E-state index is -1.02. The first-order valence-corrected chi connectivity index (χ1v) is 7.36. The van der Waals surface area contributed by atoms with E-state index in [0.717, 1.165) is 0 Å². The number of fused-ring (bicyclic) bond motifs is 1. The molecule has 0 saturated heterocycles. The van der Waals surface area contributed by atoms with Crippen LogP contribution in [-0.4, -0.2) is 36.5 Å². The van der Waals surface area contributed by atoms with Crippen LogP contribution in [0.2, 0.25) is 0 Å². The summed E-state index contributed by atoms with van der Waals surface area (Å²) in [7, 11) is 1.53. The number of hydrogen-bond acceptors (Lipinski definition) is 5. The van der Waals surface area contributed by atoms with Crippen molar-refractivity contribution in [3.63, 3.8) is 0 Å². The van der Waals surface area contributed by atoms with Crippen molar-refractivity contribution in [2.24, 2.45) is 0 Å². The van der Waals surface area contributed by atoms with Crippen LogP contribution in [-0.2, 0) is 9.53 Å². The highest BCUT2D eigenvalue weighted by Crippen LogP contribution is 2.26. The number of nitriles is 1. The second-order valence-corrected chi connectivity index (χ2v) is 5.41. The van der Waals surface area contributed by atoms with Crippen LogP contribution in [0.4, 0.5) is 4.39 Å². The molecule has 7 heteroatoms. The smallest absolute Gasteiger partial charge is 0.375 e. The number of benzene rings is 1. The van der Waals surface area contributed by atoms with Crippen molar-refractivity contribution >= 4 is 22.8 Å². The molecule has 0 N–H and O–H groups in total. The maximum Gasteiger partial charge on any atom is 0.375 e. The van der Waals surface area contributed by atoms with Crippen LogP contribution in [0.3, 0.4) is 0 Å². The lowest BCUT2D eigenvalue weighted by Crippen LogP contribution is -2.37. The Morgan fingerprint density at radius 3 is 2.83 bits per heavy atom. The molecule has 126 valence electrons. The summed E-state index contributed by atoms with van der Waals surface area (Å²) < 4.78 is 23.9. The highest BCUT2D eigenvalue weighted by atomic mass is 19.1. The second-order valence-electron chi connectivity index (χ2n) is 5.41. The first kappa shape index (κ1) is 17.5. The van der Waals surface area contributed by atoms with E-state index in [2.05, 4.69) is 0 Å². The maximum atomic E-state index is 13.3. The molecule has 0 unspecified atom stereocenters. The van der Waals surface area contributed by atoms with Crippen LogP contribution in [0.1, 0.15) is 29.5 Å². The summed E-state index contributed by atoms with van der Waals surface area (Å²) in [6.07, 6.45) is -0.831. The lowest BCUT2D eigenvalue weighted by molar-refractivity contribution is -0.138. The summed E-state index contributed by atoms with van der Waals surface area (Å²) in [6.45, 7) is 3.31. The van der Waals surface area contributed by atoms with Gasteiger partial charge in [0, 0.05) is 24.5 Å². The summed E-state index contributed by atoms with van der Waals surface area (Å²) in [5.74, 6) is -1.71. The van der Waals surface area contributed by atoms with Crippen molar-refractivity contribution < 1.29 is 23.1 Å². The molecule has 1 aromatic carbocycles. The van der Waals surface area contributed by atoms with Gasteiger partial charge in [-0.3, -0.25) is 4.79 Å². The van der Waals surface area contributed by atoms with Crippen LogP contribution >= 0.6 is 0 Å². The van der Waals surface area contributed by atoms with Crippen molar-refractivity contribution in [3.8, 4) is 6.07 Å². The van der Waals surface area contributed by atoms with E-state index < -0.39 is 23.8 Å². The van der Waals surface area contributed by atoms with Gasteiger partial charge in [-0.1, -0.05) is 0 Å². The first-order valence-electron chi connectivity index (χ1n) is 7.36. The number of amides is 1. The fraction of sp³-hybridized carbons (Fsp3) is 0.353. The van der Waals surface area contributed by atoms with Crippen LogP contribution in [0.5, 0.6) is 0 Å². The Balaban J connectivity index is 2.14. The topological polar surface area (TPSA) is 83.5 Å². The average molecular weight is 332 g/mol. The first-order chi connectivity index (χ1) is 11.3. The van der Waals surface area contributed by atoms with E-state index in [4.69, 9.17) is 14.4 Å². The number of likely N-dealkylation sites (N-methyl/N-ethyl adjacent to an activating group) is 1. The molecule has 1 amide bonds. The van der Waals surface area contributed by atoms with Gasteiger partial charge in [-0.25, -0.2) is 9.18 Å². The number of esters is 1. The number of ether oxygens (including phenoxy) is 1. The van der Waals surface area contributed by atoms with E-state index in [0.29, 0.717) is 16.5 Å². The quantitative estimate of drug-likeness (QED) is 0.786. The number of halogens is 1. The third-order valence-electron chi connectivity index (χ3n) is 3.65. The summed E-state index contributed by atoms with van der Waals surface area (Å²) in [6, 6.07) is 5.87. The van der Waals surface area contributed by atoms with Crippen molar-refractivity contribution in [1.29, 1.82) is 5.26 Å². The molecule has 0 fully saturated rings. The molecular formula is C17H17FN2O4. The Bertz CT molecular complexity index is 822. The van der Waals surface area contributed by atoms with Crippen LogP contribution in [0, 0.1) is 24.1 Å². The molecule has 2 rings (SSSR count). The van der Waals surface area contributed by atoms with Gasteiger partial charge < -0.3 is 14.1 Å². The van der Waals surface area contributed by atoms with Gasteiger partial charge in [0.05, 0.1) is 12.5 Å². The number of rotatable bonds is 5. The minimum Gasteiger partial charge on any atom is -0.449 e. The Morgan fingerprint density at radius 2 is 2.17 bits per heavy atom. The zero-order chi connectivity index (χ0) is 17.9. The summed E-state index contributed by atoms with van der Waals surface area (Å²) in [4.78, 5) is 25.6. The lowest BCUT2D eigenvalue weighted by atomic mass is 10.1.